The second-order valence-corrected chi connectivity index (χ2v) is 9.08. The quantitative estimate of drug-likeness (QED) is 0.861. The van der Waals surface area contributed by atoms with Gasteiger partial charge in [0.05, 0.1) is 13.0 Å². The largest absolute Gasteiger partial charge is 0.453 e. The molecule has 2 amide bonds. The van der Waals surface area contributed by atoms with E-state index in [1.807, 2.05) is 11.8 Å². The molecule has 1 saturated carbocycles. The van der Waals surface area contributed by atoms with Gasteiger partial charge in [0, 0.05) is 25.0 Å². The van der Waals surface area contributed by atoms with E-state index in [9.17, 15) is 9.59 Å². The molecule has 1 aromatic carbocycles. The van der Waals surface area contributed by atoms with Gasteiger partial charge in [-0.2, -0.15) is 0 Å². The fourth-order valence-corrected chi connectivity index (χ4v) is 4.34. The van der Waals surface area contributed by atoms with Gasteiger partial charge in [-0.15, -0.1) is 0 Å². The number of likely N-dealkylation sites (tertiary alicyclic amines) is 1. The maximum atomic E-state index is 13.0. The lowest BCUT2D eigenvalue weighted by Gasteiger charge is -2.26. The second-order valence-electron chi connectivity index (χ2n) is 9.08. The number of methoxy groups -OCH3 is 1. The summed E-state index contributed by atoms with van der Waals surface area (Å²) in [6, 6.07) is 8.91. The fraction of sp³-hybridized carbons (Fsp3) is 0.636. The van der Waals surface area contributed by atoms with Crippen molar-refractivity contribution in [3.05, 3.63) is 35.4 Å². The number of piperidine rings is 1. The number of alkyl carbamates (subject to hydrolysis) is 1. The lowest BCUT2D eigenvalue weighted by Crippen LogP contribution is -2.42. The van der Waals surface area contributed by atoms with Crippen LogP contribution in [0.5, 0.6) is 0 Å². The third kappa shape index (κ3) is 3.83. The molecular weight excluding hydrogens is 340 g/mol. The van der Waals surface area contributed by atoms with Crippen LogP contribution in [0.1, 0.15) is 51.7 Å². The number of fused-ring (bicyclic) bond motifs is 1. The number of nitrogens with zero attached hydrogens (tertiary/aromatic N) is 1. The van der Waals surface area contributed by atoms with Crippen LogP contribution in [0.2, 0.25) is 0 Å². The molecule has 0 radical (unpaired) electrons. The number of hydrogen-bond acceptors (Lipinski definition) is 3. The number of carbonyl (C=O) groups is 2. The van der Waals surface area contributed by atoms with Crippen molar-refractivity contribution in [2.75, 3.05) is 26.7 Å². The highest BCUT2D eigenvalue weighted by atomic mass is 16.5. The minimum Gasteiger partial charge on any atom is -0.453 e. The van der Waals surface area contributed by atoms with E-state index in [1.54, 1.807) is 0 Å². The highest BCUT2D eigenvalue weighted by Crippen LogP contribution is 2.59. The Hall–Kier alpha value is -2.04. The summed E-state index contributed by atoms with van der Waals surface area (Å²) in [5.74, 6) is 0.509. The van der Waals surface area contributed by atoms with Crippen LogP contribution < -0.4 is 5.32 Å². The molecule has 2 aliphatic rings. The number of amides is 2. The van der Waals surface area contributed by atoms with Crippen LogP contribution in [0, 0.1) is 11.8 Å². The summed E-state index contributed by atoms with van der Waals surface area (Å²) in [6.07, 6.45) is 1.39. The molecule has 3 atom stereocenters. The molecule has 1 aliphatic heterocycles. The second kappa shape index (κ2) is 7.17. The van der Waals surface area contributed by atoms with E-state index in [0.29, 0.717) is 18.9 Å². The average molecular weight is 373 g/mol. The van der Waals surface area contributed by atoms with Crippen LogP contribution in [-0.2, 0) is 20.4 Å². The van der Waals surface area contributed by atoms with Crippen molar-refractivity contribution in [3.63, 3.8) is 0 Å². The number of ether oxygens (including phenoxy) is 1. The van der Waals surface area contributed by atoms with Gasteiger partial charge in [-0.25, -0.2) is 4.79 Å². The fourth-order valence-electron chi connectivity index (χ4n) is 4.34. The molecule has 3 unspecified atom stereocenters. The molecule has 27 heavy (non-hydrogen) atoms. The Morgan fingerprint density at radius 1 is 1.37 bits per heavy atom. The Kier molecular flexibility index (Phi) is 5.24. The Balaban J connectivity index is 1.70. The molecule has 3 rings (SSSR count). The zero-order valence-electron chi connectivity index (χ0n) is 17.2. The molecule has 1 N–H and O–H groups in total. The van der Waals surface area contributed by atoms with Gasteiger partial charge >= 0.3 is 6.09 Å². The highest BCUT2D eigenvalue weighted by molar-refractivity contribution is 5.80. The standard InChI is InChI=1S/C22H32N2O3/c1-6-15(12-23-20(26)27-5)19(25)24-13-18-11-22(18,14-24)17-9-7-8-16(10-17)21(2,3)4/h7-10,15,18H,6,11-14H2,1-5H3,(H,23,26). The lowest BCUT2D eigenvalue weighted by atomic mass is 9.83. The molecule has 0 aromatic heterocycles. The molecule has 1 aliphatic carbocycles. The van der Waals surface area contributed by atoms with Crippen molar-refractivity contribution in [2.45, 2.75) is 51.4 Å². The first-order valence-electron chi connectivity index (χ1n) is 9.93. The maximum absolute atomic E-state index is 13.0. The van der Waals surface area contributed by atoms with Crippen LogP contribution in [0.4, 0.5) is 4.79 Å². The monoisotopic (exact) mass is 372 g/mol. The first kappa shape index (κ1) is 19.7. The molecule has 5 nitrogen and oxygen atoms in total. The van der Waals surface area contributed by atoms with E-state index in [2.05, 4.69) is 55.1 Å². The van der Waals surface area contributed by atoms with Crippen molar-refractivity contribution in [1.29, 1.82) is 0 Å². The van der Waals surface area contributed by atoms with Gasteiger partial charge in [0.15, 0.2) is 0 Å². The first-order chi connectivity index (χ1) is 12.7. The first-order valence-corrected chi connectivity index (χ1v) is 9.93. The molecule has 1 heterocycles. The molecule has 1 aromatic rings. The smallest absolute Gasteiger partial charge is 0.406 e. The zero-order chi connectivity index (χ0) is 19.8. The van der Waals surface area contributed by atoms with Crippen molar-refractivity contribution in [1.82, 2.24) is 10.2 Å². The van der Waals surface area contributed by atoms with Crippen molar-refractivity contribution in [2.24, 2.45) is 11.8 Å². The van der Waals surface area contributed by atoms with E-state index in [-0.39, 0.29) is 22.7 Å². The Labute approximate surface area is 162 Å². The third-order valence-electron chi connectivity index (χ3n) is 6.28. The van der Waals surface area contributed by atoms with Gasteiger partial charge in [-0.05, 0) is 35.3 Å². The average Bonchev–Trinajstić information content (AvgIpc) is 3.22. The maximum Gasteiger partial charge on any atom is 0.406 e. The SMILES string of the molecule is CCC(CNC(=O)OC)C(=O)N1CC2CC2(c2cccc(C(C)(C)C)c2)C1. The Morgan fingerprint density at radius 3 is 2.74 bits per heavy atom. The topological polar surface area (TPSA) is 58.6 Å². The van der Waals surface area contributed by atoms with Gasteiger partial charge in [-0.3, -0.25) is 4.79 Å². The molecular formula is C22H32N2O3. The highest BCUT2D eigenvalue weighted by Gasteiger charge is 2.61. The van der Waals surface area contributed by atoms with Crippen molar-refractivity contribution >= 4 is 12.0 Å². The van der Waals surface area contributed by atoms with Gasteiger partial charge < -0.3 is 15.0 Å². The van der Waals surface area contributed by atoms with Crippen LogP contribution >= 0.6 is 0 Å². The Morgan fingerprint density at radius 2 is 2.11 bits per heavy atom. The summed E-state index contributed by atoms with van der Waals surface area (Å²) in [5, 5.41) is 2.67. The van der Waals surface area contributed by atoms with Gasteiger partial charge in [0.2, 0.25) is 5.91 Å². The summed E-state index contributed by atoms with van der Waals surface area (Å²) >= 11 is 0. The number of nitrogens with one attached hydrogen (secondary N) is 1. The summed E-state index contributed by atoms with van der Waals surface area (Å²) in [5.41, 5.74) is 2.97. The van der Waals surface area contributed by atoms with Crippen LogP contribution in [0.15, 0.2) is 24.3 Å². The molecule has 0 spiro atoms. The van der Waals surface area contributed by atoms with Crippen molar-refractivity contribution in [3.8, 4) is 0 Å². The lowest BCUT2D eigenvalue weighted by molar-refractivity contribution is -0.135. The minimum absolute atomic E-state index is 0.123. The molecule has 0 bridgehead atoms. The summed E-state index contributed by atoms with van der Waals surface area (Å²) in [4.78, 5) is 26.3. The van der Waals surface area contributed by atoms with Gasteiger partial charge in [-0.1, -0.05) is 52.0 Å². The summed E-state index contributed by atoms with van der Waals surface area (Å²) in [7, 11) is 1.33. The number of carbonyl (C=O) groups excluding carboxylic acids is 2. The van der Waals surface area contributed by atoms with E-state index < -0.39 is 6.09 Å². The number of rotatable bonds is 5. The van der Waals surface area contributed by atoms with Gasteiger partial charge in [0.1, 0.15) is 0 Å². The summed E-state index contributed by atoms with van der Waals surface area (Å²) in [6.45, 7) is 10.6. The summed E-state index contributed by atoms with van der Waals surface area (Å²) < 4.78 is 4.61. The predicted molar refractivity (Wildman–Crippen MR) is 106 cm³/mol. The van der Waals surface area contributed by atoms with E-state index >= 15 is 0 Å². The van der Waals surface area contributed by atoms with Crippen LogP contribution in [0.25, 0.3) is 0 Å². The van der Waals surface area contributed by atoms with Gasteiger partial charge in [0.25, 0.3) is 0 Å². The molecule has 2 fully saturated rings. The zero-order valence-corrected chi connectivity index (χ0v) is 17.2. The molecule has 1 saturated heterocycles. The normalized spacial score (nSPS) is 24.9. The number of hydrogen-bond donors (Lipinski definition) is 1. The third-order valence-corrected chi connectivity index (χ3v) is 6.28. The molecule has 148 valence electrons. The Bertz CT molecular complexity index is 725. The van der Waals surface area contributed by atoms with E-state index in [0.717, 1.165) is 13.1 Å². The predicted octanol–water partition coefficient (Wildman–Crippen LogP) is 3.47. The van der Waals surface area contributed by atoms with Crippen LogP contribution in [-0.4, -0.2) is 43.6 Å². The van der Waals surface area contributed by atoms with E-state index in [1.165, 1.54) is 24.7 Å². The minimum atomic E-state index is -0.485. The van der Waals surface area contributed by atoms with Crippen molar-refractivity contribution < 1.29 is 14.3 Å². The number of benzene rings is 1. The van der Waals surface area contributed by atoms with Crippen LogP contribution in [0.3, 0.4) is 0 Å². The molecule has 5 heteroatoms. The van der Waals surface area contributed by atoms with E-state index in [4.69, 9.17) is 0 Å².